The van der Waals surface area contributed by atoms with Crippen LogP contribution in [-0.4, -0.2) is 10.1 Å². The van der Waals surface area contributed by atoms with Crippen molar-refractivity contribution in [3.05, 3.63) is 50.4 Å². The lowest BCUT2D eigenvalue weighted by Crippen LogP contribution is -2.01. The number of thiazole rings is 1. The number of nitrogens with zero attached hydrogens (tertiary/aromatic N) is 1. The lowest BCUT2D eigenvalue weighted by molar-refractivity contribution is 0.181. The molecule has 1 heterocycles. The fourth-order valence-corrected chi connectivity index (χ4v) is 2.62. The van der Waals surface area contributed by atoms with Gasteiger partial charge in [-0.15, -0.1) is 11.3 Å². The normalized spacial score (nSPS) is 12.7. The molecule has 0 spiro atoms. The average molecular weight is 298 g/mol. The molecule has 0 saturated heterocycles. The molecule has 0 amide bonds. The van der Waals surface area contributed by atoms with Gasteiger partial charge in [0.1, 0.15) is 0 Å². The van der Waals surface area contributed by atoms with Gasteiger partial charge >= 0.3 is 0 Å². The Morgan fingerprint density at radius 1 is 1.38 bits per heavy atom. The van der Waals surface area contributed by atoms with E-state index >= 15 is 0 Å². The summed E-state index contributed by atoms with van der Waals surface area (Å²) in [5.74, 6) is 0. The van der Waals surface area contributed by atoms with Crippen molar-refractivity contribution in [1.29, 1.82) is 0 Å². The molecule has 1 aromatic carbocycles. The van der Waals surface area contributed by atoms with Crippen LogP contribution in [0, 0.1) is 6.92 Å². The third-order valence-corrected chi connectivity index (χ3v) is 3.99. The molecule has 1 aromatic heterocycles. The summed E-state index contributed by atoms with van der Waals surface area (Å²) < 4.78 is 1.06. The van der Waals surface area contributed by atoms with Gasteiger partial charge in [-0.05, 0) is 24.6 Å². The Labute approximate surface area is 107 Å². The highest BCUT2D eigenvalue weighted by molar-refractivity contribution is 9.10. The maximum Gasteiger partial charge on any atom is 0.0940 e. The van der Waals surface area contributed by atoms with Crippen LogP contribution in [0.1, 0.15) is 22.2 Å². The first kappa shape index (κ1) is 11.8. The van der Waals surface area contributed by atoms with Crippen LogP contribution < -0.4 is 0 Å². The van der Waals surface area contributed by atoms with Gasteiger partial charge in [0.05, 0.1) is 22.2 Å². The molecule has 1 N–H and O–H groups in total. The number of aryl methyl sites for hydroxylation is 1. The Balaban J connectivity index is 2.10. The van der Waals surface area contributed by atoms with Crippen molar-refractivity contribution in [3.63, 3.8) is 0 Å². The zero-order valence-electron chi connectivity index (χ0n) is 8.85. The van der Waals surface area contributed by atoms with Gasteiger partial charge in [-0.2, -0.15) is 0 Å². The highest BCUT2D eigenvalue weighted by atomic mass is 79.9. The van der Waals surface area contributed by atoms with E-state index in [-0.39, 0.29) is 0 Å². The number of rotatable bonds is 3. The Bertz CT molecular complexity index is 466. The van der Waals surface area contributed by atoms with E-state index in [1.807, 2.05) is 31.2 Å². The second kappa shape index (κ2) is 5.08. The molecule has 1 atom stereocenters. The van der Waals surface area contributed by atoms with Crippen molar-refractivity contribution < 1.29 is 5.11 Å². The van der Waals surface area contributed by atoms with Crippen molar-refractivity contribution in [2.24, 2.45) is 0 Å². The van der Waals surface area contributed by atoms with E-state index in [0.29, 0.717) is 6.42 Å². The largest absolute Gasteiger partial charge is 0.387 e. The number of aliphatic hydroxyl groups is 1. The second-order valence-electron chi connectivity index (χ2n) is 3.65. The highest BCUT2D eigenvalue weighted by Gasteiger charge is 2.13. The monoisotopic (exact) mass is 297 g/mol. The molecule has 0 radical (unpaired) electrons. The van der Waals surface area contributed by atoms with Gasteiger partial charge in [-0.1, -0.05) is 28.1 Å². The van der Waals surface area contributed by atoms with E-state index in [1.165, 1.54) is 11.3 Å². The zero-order valence-corrected chi connectivity index (χ0v) is 11.3. The molecule has 4 heteroatoms. The molecular weight excluding hydrogens is 286 g/mol. The van der Waals surface area contributed by atoms with Crippen LogP contribution in [-0.2, 0) is 6.42 Å². The number of hydrogen-bond acceptors (Lipinski definition) is 3. The first-order valence-corrected chi connectivity index (χ1v) is 6.66. The number of aliphatic hydroxyl groups excluding tert-OH is 1. The summed E-state index contributed by atoms with van der Waals surface area (Å²) in [7, 11) is 0. The molecule has 1 unspecified atom stereocenters. The van der Waals surface area contributed by atoms with Gasteiger partial charge in [0.15, 0.2) is 0 Å². The minimum Gasteiger partial charge on any atom is -0.387 e. The molecule has 16 heavy (non-hydrogen) atoms. The van der Waals surface area contributed by atoms with Crippen LogP contribution in [0.3, 0.4) is 0 Å². The van der Waals surface area contributed by atoms with Gasteiger partial charge in [0, 0.05) is 10.9 Å². The zero-order chi connectivity index (χ0) is 11.5. The van der Waals surface area contributed by atoms with E-state index in [1.54, 1.807) is 5.51 Å². The van der Waals surface area contributed by atoms with Gasteiger partial charge in [-0.3, -0.25) is 0 Å². The Hall–Kier alpha value is -0.710. The molecule has 0 saturated carbocycles. The summed E-state index contributed by atoms with van der Waals surface area (Å²) in [6.45, 7) is 1.93. The summed E-state index contributed by atoms with van der Waals surface area (Å²) in [6, 6.07) is 8.01. The summed E-state index contributed by atoms with van der Waals surface area (Å²) in [6.07, 6.45) is 0.185. The van der Waals surface area contributed by atoms with Crippen LogP contribution >= 0.6 is 27.3 Å². The van der Waals surface area contributed by atoms with E-state index in [4.69, 9.17) is 0 Å². The standard InChI is InChI=1S/C12H12BrNOS/c1-8-12(16-7-14-8)11(15)6-9-2-4-10(13)5-3-9/h2-5,7,11,15H,6H2,1H3. The predicted molar refractivity (Wildman–Crippen MR) is 69.7 cm³/mol. The van der Waals surface area contributed by atoms with Gasteiger partial charge in [0.25, 0.3) is 0 Å². The molecule has 2 rings (SSSR count). The minimum atomic E-state index is -0.450. The van der Waals surface area contributed by atoms with Gasteiger partial charge in [0.2, 0.25) is 0 Å². The Kier molecular flexibility index (Phi) is 3.74. The van der Waals surface area contributed by atoms with Gasteiger partial charge < -0.3 is 5.11 Å². The van der Waals surface area contributed by atoms with E-state index in [9.17, 15) is 5.11 Å². The van der Waals surface area contributed by atoms with Gasteiger partial charge in [-0.25, -0.2) is 4.98 Å². The number of aromatic nitrogens is 1. The molecule has 0 fully saturated rings. The fraction of sp³-hybridized carbons (Fsp3) is 0.250. The second-order valence-corrected chi connectivity index (χ2v) is 5.45. The van der Waals surface area contributed by atoms with Crippen molar-refractivity contribution in [2.75, 3.05) is 0 Å². The molecule has 0 aliphatic rings. The number of hydrogen-bond donors (Lipinski definition) is 1. The molecule has 0 aliphatic heterocycles. The van der Waals surface area contributed by atoms with E-state index < -0.39 is 6.10 Å². The summed E-state index contributed by atoms with van der Waals surface area (Å²) in [4.78, 5) is 5.11. The average Bonchev–Trinajstić information content (AvgIpc) is 2.68. The lowest BCUT2D eigenvalue weighted by atomic mass is 10.1. The molecule has 0 aliphatic carbocycles. The SMILES string of the molecule is Cc1ncsc1C(O)Cc1ccc(Br)cc1. The summed E-state index contributed by atoms with van der Waals surface area (Å²) in [5, 5.41) is 10.1. The minimum absolute atomic E-state index is 0.450. The summed E-state index contributed by atoms with van der Waals surface area (Å²) in [5.41, 5.74) is 3.83. The number of halogens is 1. The van der Waals surface area contributed by atoms with E-state index in [0.717, 1.165) is 20.6 Å². The van der Waals surface area contributed by atoms with Crippen LogP contribution in [0.5, 0.6) is 0 Å². The van der Waals surface area contributed by atoms with Crippen LogP contribution in [0.2, 0.25) is 0 Å². The molecule has 2 aromatic rings. The highest BCUT2D eigenvalue weighted by Crippen LogP contribution is 2.25. The fourth-order valence-electron chi connectivity index (χ4n) is 1.57. The van der Waals surface area contributed by atoms with Crippen molar-refractivity contribution >= 4 is 27.3 Å². The van der Waals surface area contributed by atoms with Crippen molar-refractivity contribution in [1.82, 2.24) is 4.98 Å². The Morgan fingerprint density at radius 2 is 2.06 bits per heavy atom. The molecular formula is C12H12BrNOS. The topological polar surface area (TPSA) is 33.1 Å². The molecule has 84 valence electrons. The first-order valence-electron chi connectivity index (χ1n) is 4.99. The first-order chi connectivity index (χ1) is 7.66. The summed E-state index contributed by atoms with van der Waals surface area (Å²) >= 11 is 4.90. The Morgan fingerprint density at radius 3 is 2.62 bits per heavy atom. The third-order valence-electron chi connectivity index (χ3n) is 2.43. The quantitative estimate of drug-likeness (QED) is 0.941. The van der Waals surface area contributed by atoms with Crippen molar-refractivity contribution in [2.45, 2.75) is 19.4 Å². The molecule has 2 nitrogen and oxygen atoms in total. The van der Waals surface area contributed by atoms with Crippen LogP contribution in [0.15, 0.2) is 34.2 Å². The smallest absolute Gasteiger partial charge is 0.0940 e. The predicted octanol–water partition coefficient (Wildman–Crippen LogP) is 3.49. The maximum atomic E-state index is 10.1. The molecule has 0 bridgehead atoms. The third kappa shape index (κ3) is 2.70. The van der Waals surface area contributed by atoms with Crippen LogP contribution in [0.25, 0.3) is 0 Å². The van der Waals surface area contributed by atoms with Crippen LogP contribution in [0.4, 0.5) is 0 Å². The lowest BCUT2D eigenvalue weighted by Gasteiger charge is -2.09. The number of benzene rings is 1. The maximum absolute atomic E-state index is 10.1. The van der Waals surface area contributed by atoms with E-state index in [2.05, 4.69) is 20.9 Å². The van der Waals surface area contributed by atoms with Crippen molar-refractivity contribution in [3.8, 4) is 0 Å².